The summed E-state index contributed by atoms with van der Waals surface area (Å²) in [5.41, 5.74) is 1.37. The van der Waals surface area contributed by atoms with Crippen LogP contribution in [0.25, 0.3) is 0 Å². The molecule has 5 nitrogen and oxygen atoms in total. The summed E-state index contributed by atoms with van der Waals surface area (Å²) in [5.74, 6) is -1.14. The molecule has 0 aliphatic carbocycles. The lowest BCUT2D eigenvalue weighted by atomic mass is 10.2. The first-order valence-electron chi connectivity index (χ1n) is 8.17. The smallest absolute Gasteiger partial charge is 0.261 e. The maximum atomic E-state index is 13.7. The Morgan fingerprint density at radius 2 is 1.74 bits per heavy atom. The summed E-state index contributed by atoms with van der Waals surface area (Å²) in [7, 11) is -3.73. The molecule has 0 amide bonds. The molecule has 0 bridgehead atoms. The zero-order chi connectivity index (χ0) is 19.4. The highest BCUT2D eigenvalue weighted by molar-refractivity contribution is 7.92. The monoisotopic (exact) mass is 389 g/mol. The number of benzene rings is 2. The molecule has 0 saturated heterocycles. The van der Waals surface area contributed by atoms with Gasteiger partial charge in [-0.2, -0.15) is 0 Å². The van der Waals surface area contributed by atoms with Crippen molar-refractivity contribution in [2.75, 3.05) is 10.0 Å². The van der Waals surface area contributed by atoms with E-state index in [0.717, 1.165) is 24.1 Å². The standard InChI is InChI=1S/C19H17F2N3O2S/c1-2-13-3-7-16(8-4-13)27(25,26)24-15-6-10-19(22-12-15)23-18-9-5-14(20)11-17(18)21/h3-12,24H,2H2,1H3,(H,22,23). The molecule has 0 spiro atoms. The molecule has 0 fully saturated rings. The highest BCUT2D eigenvalue weighted by Crippen LogP contribution is 2.21. The van der Waals surface area contributed by atoms with Gasteiger partial charge < -0.3 is 5.32 Å². The number of halogens is 2. The lowest BCUT2D eigenvalue weighted by Gasteiger charge is -2.10. The highest BCUT2D eigenvalue weighted by atomic mass is 32.2. The van der Waals surface area contributed by atoms with Crippen LogP contribution in [-0.2, 0) is 16.4 Å². The number of anilines is 3. The van der Waals surface area contributed by atoms with Crippen molar-refractivity contribution in [3.05, 3.63) is 78.0 Å². The minimum Gasteiger partial charge on any atom is -0.338 e. The van der Waals surface area contributed by atoms with E-state index in [9.17, 15) is 17.2 Å². The van der Waals surface area contributed by atoms with Gasteiger partial charge in [0.2, 0.25) is 0 Å². The lowest BCUT2D eigenvalue weighted by Crippen LogP contribution is -2.13. The van der Waals surface area contributed by atoms with Gasteiger partial charge in [-0.25, -0.2) is 22.2 Å². The van der Waals surface area contributed by atoms with E-state index < -0.39 is 21.7 Å². The number of sulfonamides is 1. The van der Waals surface area contributed by atoms with Crippen LogP contribution in [0.15, 0.2) is 65.7 Å². The van der Waals surface area contributed by atoms with E-state index in [1.807, 2.05) is 6.92 Å². The van der Waals surface area contributed by atoms with E-state index >= 15 is 0 Å². The van der Waals surface area contributed by atoms with Crippen LogP contribution in [0.5, 0.6) is 0 Å². The Balaban J connectivity index is 1.72. The predicted molar refractivity (Wildman–Crippen MR) is 101 cm³/mol. The summed E-state index contributed by atoms with van der Waals surface area (Å²) >= 11 is 0. The molecule has 0 radical (unpaired) electrons. The molecule has 27 heavy (non-hydrogen) atoms. The first kappa shape index (κ1) is 18.8. The number of aryl methyl sites for hydroxylation is 1. The molecular weight excluding hydrogens is 372 g/mol. The second kappa shape index (κ2) is 7.71. The van der Waals surface area contributed by atoms with Crippen LogP contribution in [0.4, 0.5) is 26.0 Å². The van der Waals surface area contributed by atoms with Crippen molar-refractivity contribution in [2.45, 2.75) is 18.2 Å². The van der Waals surface area contributed by atoms with Crippen LogP contribution in [0, 0.1) is 11.6 Å². The van der Waals surface area contributed by atoms with E-state index in [0.29, 0.717) is 0 Å². The van der Waals surface area contributed by atoms with Crippen LogP contribution in [0.2, 0.25) is 0 Å². The fraction of sp³-hybridized carbons (Fsp3) is 0.105. The summed E-state index contributed by atoms with van der Waals surface area (Å²) in [6.07, 6.45) is 2.13. The Hall–Kier alpha value is -3.00. The van der Waals surface area contributed by atoms with Crippen molar-refractivity contribution in [1.29, 1.82) is 0 Å². The number of hydrogen-bond donors (Lipinski definition) is 2. The first-order valence-corrected chi connectivity index (χ1v) is 9.65. The predicted octanol–water partition coefficient (Wildman–Crippen LogP) is 4.47. The molecule has 2 N–H and O–H groups in total. The largest absolute Gasteiger partial charge is 0.338 e. The minimum atomic E-state index is -3.73. The van der Waals surface area contributed by atoms with Crippen molar-refractivity contribution in [2.24, 2.45) is 0 Å². The lowest BCUT2D eigenvalue weighted by molar-refractivity contribution is 0.586. The number of aromatic nitrogens is 1. The van der Waals surface area contributed by atoms with Gasteiger partial charge in [-0.15, -0.1) is 0 Å². The van der Waals surface area contributed by atoms with Gasteiger partial charge in [0.25, 0.3) is 10.0 Å². The summed E-state index contributed by atoms with van der Waals surface area (Å²) in [6.45, 7) is 1.99. The van der Waals surface area contributed by atoms with Gasteiger partial charge >= 0.3 is 0 Å². The van der Waals surface area contributed by atoms with Crippen LogP contribution >= 0.6 is 0 Å². The average molecular weight is 389 g/mol. The Labute approximate surface area is 156 Å². The molecule has 0 saturated carbocycles. The van der Waals surface area contributed by atoms with Crippen molar-refractivity contribution < 1.29 is 17.2 Å². The summed E-state index contributed by atoms with van der Waals surface area (Å²) in [6, 6.07) is 12.7. The fourth-order valence-electron chi connectivity index (χ4n) is 2.38. The molecule has 1 aromatic heterocycles. The third-order valence-electron chi connectivity index (χ3n) is 3.85. The first-order chi connectivity index (χ1) is 12.9. The Kier molecular flexibility index (Phi) is 5.36. The van der Waals surface area contributed by atoms with E-state index in [2.05, 4.69) is 15.0 Å². The van der Waals surface area contributed by atoms with Gasteiger partial charge in [0.15, 0.2) is 0 Å². The Bertz CT molecular complexity index is 1040. The molecule has 140 valence electrons. The summed E-state index contributed by atoms with van der Waals surface area (Å²) in [5, 5.41) is 2.70. The van der Waals surface area contributed by atoms with E-state index in [1.165, 1.54) is 24.4 Å². The molecule has 0 unspecified atom stereocenters. The molecular formula is C19H17F2N3O2S. The zero-order valence-electron chi connectivity index (χ0n) is 14.4. The number of nitrogens with one attached hydrogen (secondary N) is 2. The number of rotatable bonds is 6. The second-order valence-electron chi connectivity index (χ2n) is 5.78. The highest BCUT2D eigenvalue weighted by Gasteiger charge is 2.14. The summed E-state index contributed by atoms with van der Waals surface area (Å²) in [4.78, 5) is 4.19. The third kappa shape index (κ3) is 4.59. The van der Waals surface area contributed by atoms with Crippen molar-refractivity contribution in [1.82, 2.24) is 4.98 Å². The van der Waals surface area contributed by atoms with Gasteiger partial charge in [0, 0.05) is 6.07 Å². The molecule has 1 heterocycles. The fourth-order valence-corrected chi connectivity index (χ4v) is 3.42. The third-order valence-corrected chi connectivity index (χ3v) is 5.25. The maximum Gasteiger partial charge on any atom is 0.261 e. The van der Waals surface area contributed by atoms with Crippen molar-refractivity contribution >= 4 is 27.2 Å². The molecule has 3 aromatic rings. The van der Waals surface area contributed by atoms with E-state index in [4.69, 9.17) is 0 Å². The van der Waals surface area contributed by atoms with Crippen molar-refractivity contribution in [3.63, 3.8) is 0 Å². The molecule has 8 heteroatoms. The Morgan fingerprint density at radius 1 is 1.00 bits per heavy atom. The van der Waals surface area contributed by atoms with E-state index in [1.54, 1.807) is 24.3 Å². The van der Waals surface area contributed by atoms with Gasteiger partial charge in [0.05, 0.1) is 22.5 Å². The van der Waals surface area contributed by atoms with Gasteiger partial charge in [-0.05, 0) is 48.4 Å². The van der Waals surface area contributed by atoms with Crippen LogP contribution in [0.3, 0.4) is 0 Å². The maximum absolute atomic E-state index is 13.7. The molecule has 0 atom stereocenters. The summed E-state index contributed by atoms with van der Waals surface area (Å²) < 4.78 is 53.9. The second-order valence-corrected chi connectivity index (χ2v) is 7.47. The minimum absolute atomic E-state index is 0.0632. The number of pyridine rings is 1. The number of nitrogens with zero attached hydrogens (tertiary/aromatic N) is 1. The topological polar surface area (TPSA) is 71.1 Å². The van der Waals surface area contributed by atoms with Gasteiger partial charge in [-0.3, -0.25) is 4.72 Å². The van der Waals surface area contributed by atoms with Gasteiger partial charge in [0.1, 0.15) is 17.5 Å². The molecule has 2 aromatic carbocycles. The molecule has 3 rings (SSSR count). The quantitative estimate of drug-likeness (QED) is 0.653. The van der Waals surface area contributed by atoms with Crippen molar-refractivity contribution in [3.8, 4) is 0 Å². The van der Waals surface area contributed by atoms with Crippen LogP contribution < -0.4 is 10.0 Å². The average Bonchev–Trinajstić information content (AvgIpc) is 2.65. The zero-order valence-corrected chi connectivity index (χ0v) is 15.2. The number of hydrogen-bond acceptors (Lipinski definition) is 4. The Morgan fingerprint density at radius 3 is 2.33 bits per heavy atom. The molecule has 0 aliphatic rings. The van der Waals surface area contributed by atoms with Crippen LogP contribution in [-0.4, -0.2) is 13.4 Å². The normalized spacial score (nSPS) is 11.2. The molecule has 0 aliphatic heterocycles. The van der Waals surface area contributed by atoms with Crippen LogP contribution in [0.1, 0.15) is 12.5 Å². The van der Waals surface area contributed by atoms with Gasteiger partial charge in [-0.1, -0.05) is 19.1 Å². The van der Waals surface area contributed by atoms with E-state index in [-0.39, 0.29) is 22.1 Å². The SMILES string of the molecule is CCc1ccc(S(=O)(=O)Nc2ccc(Nc3ccc(F)cc3F)nc2)cc1.